The van der Waals surface area contributed by atoms with Gasteiger partial charge in [0.15, 0.2) is 0 Å². The highest BCUT2D eigenvalue weighted by atomic mass is 15.1. The summed E-state index contributed by atoms with van der Waals surface area (Å²) in [5.74, 6) is 0. The Morgan fingerprint density at radius 2 is 1.79 bits per heavy atom. The minimum atomic E-state index is 0.766. The molecule has 0 aromatic carbocycles. The van der Waals surface area contributed by atoms with E-state index in [4.69, 9.17) is 4.98 Å². The van der Waals surface area contributed by atoms with E-state index in [0.29, 0.717) is 0 Å². The van der Waals surface area contributed by atoms with Crippen LogP contribution in [0.2, 0.25) is 0 Å². The van der Waals surface area contributed by atoms with Gasteiger partial charge in [-0.2, -0.15) is 5.10 Å². The lowest BCUT2D eigenvalue weighted by Gasteiger charge is -2.05. The molecule has 0 fully saturated rings. The molecule has 0 saturated carbocycles. The van der Waals surface area contributed by atoms with Gasteiger partial charge in [0.2, 0.25) is 0 Å². The molecule has 6 aromatic rings. The van der Waals surface area contributed by atoms with Crippen molar-refractivity contribution in [1.82, 2.24) is 40.4 Å². The number of aromatic nitrogens is 7. The molecular formula is C26H22N8. The predicted molar refractivity (Wildman–Crippen MR) is 133 cm³/mol. The van der Waals surface area contributed by atoms with Gasteiger partial charge in [-0.05, 0) is 42.4 Å². The van der Waals surface area contributed by atoms with Gasteiger partial charge in [0.05, 0.1) is 28.6 Å². The van der Waals surface area contributed by atoms with Crippen molar-refractivity contribution in [3.63, 3.8) is 0 Å². The lowest BCUT2D eigenvalue weighted by molar-refractivity contribution is 0.724. The molecule has 0 saturated heterocycles. The SMILES string of the molecule is CCNCc1cncc(-c2ccc3[nH]nc(-c4cc5c(-c6cccnc6)cncc5[nH]4)c3n2)c1. The Morgan fingerprint density at radius 3 is 2.68 bits per heavy atom. The van der Waals surface area contributed by atoms with Crippen LogP contribution in [-0.4, -0.2) is 41.7 Å². The van der Waals surface area contributed by atoms with E-state index < -0.39 is 0 Å². The maximum atomic E-state index is 4.95. The van der Waals surface area contributed by atoms with E-state index >= 15 is 0 Å². The minimum absolute atomic E-state index is 0.766. The third-order valence-corrected chi connectivity index (χ3v) is 5.85. The van der Waals surface area contributed by atoms with E-state index in [2.05, 4.69) is 54.5 Å². The molecule has 0 bridgehead atoms. The van der Waals surface area contributed by atoms with Gasteiger partial charge in [0.1, 0.15) is 11.2 Å². The third-order valence-electron chi connectivity index (χ3n) is 5.85. The molecule has 0 atom stereocenters. The van der Waals surface area contributed by atoms with Crippen molar-refractivity contribution in [3.8, 4) is 33.8 Å². The lowest BCUT2D eigenvalue weighted by Crippen LogP contribution is -2.11. The maximum Gasteiger partial charge on any atom is 0.135 e. The molecule has 0 amide bonds. The topological polar surface area (TPSA) is 108 Å². The van der Waals surface area contributed by atoms with Crippen LogP contribution in [0.5, 0.6) is 0 Å². The summed E-state index contributed by atoms with van der Waals surface area (Å²) in [4.78, 5) is 21.5. The standard InChI is InChI=1S/C26H22N8/c1-2-27-10-16-8-18(13-29-11-16)21-5-6-22-25(32-21)26(34-33-22)23-9-19-20(14-30-15-24(19)31-23)17-4-3-7-28-12-17/h3-9,11-15,27,31H,2,10H2,1H3,(H,33,34). The van der Waals surface area contributed by atoms with Crippen LogP contribution < -0.4 is 5.32 Å². The monoisotopic (exact) mass is 446 g/mol. The fourth-order valence-electron chi connectivity index (χ4n) is 4.17. The molecule has 34 heavy (non-hydrogen) atoms. The highest BCUT2D eigenvalue weighted by Gasteiger charge is 2.16. The number of H-pyrrole nitrogens is 2. The zero-order chi connectivity index (χ0) is 22.9. The van der Waals surface area contributed by atoms with Gasteiger partial charge >= 0.3 is 0 Å². The Kier molecular flexibility index (Phi) is 5.04. The van der Waals surface area contributed by atoms with Crippen molar-refractivity contribution >= 4 is 21.9 Å². The van der Waals surface area contributed by atoms with Crippen molar-refractivity contribution in [2.45, 2.75) is 13.5 Å². The average Bonchev–Trinajstić information content (AvgIpc) is 3.51. The van der Waals surface area contributed by atoms with Crippen LogP contribution in [0.25, 0.3) is 55.7 Å². The van der Waals surface area contributed by atoms with Crippen LogP contribution in [0.1, 0.15) is 12.5 Å². The number of nitrogens with zero attached hydrogens (tertiary/aromatic N) is 5. The summed E-state index contributed by atoms with van der Waals surface area (Å²) >= 11 is 0. The summed E-state index contributed by atoms with van der Waals surface area (Å²) < 4.78 is 0. The predicted octanol–water partition coefficient (Wildman–Crippen LogP) is 4.73. The average molecular weight is 447 g/mol. The molecule has 0 aliphatic rings. The fourth-order valence-corrected chi connectivity index (χ4v) is 4.17. The van der Waals surface area contributed by atoms with Gasteiger partial charge in [-0.1, -0.05) is 13.0 Å². The van der Waals surface area contributed by atoms with Crippen LogP contribution in [0.3, 0.4) is 0 Å². The highest BCUT2D eigenvalue weighted by molar-refractivity contribution is 5.99. The molecule has 0 radical (unpaired) electrons. The van der Waals surface area contributed by atoms with Gasteiger partial charge in [-0.15, -0.1) is 0 Å². The zero-order valence-corrected chi connectivity index (χ0v) is 18.6. The Hall–Kier alpha value is -4.43. The first-order valence-corrected chi connectivity index (χ1v) is 11.2. The molecular weight excluding hydrogens is 424 g/mol. The summed E-state index contributed by atoms with van der Waals surface area (Å²) in [5, 5.41) is 12.1. The summed E-state index contributed by atoms with van der Waals surface area (Å²) in [6.07, 6.45) is 11.0. The van der Waals surface area contributed by atoms with Crippen molar-refractivity contribution in [2.75, 3.05) is 6.54 Å². The van der Waals surface area contributed by atoms with E-state index in [1.807, 2.05) is 55.2 Å². The molecule has 0 spiro atoms. The molecule has 8 heteroatoms. The Bertz CT molecular complexity index is 1600. The quantitative estimate of drug-likeness (QED) is 0.341. The molecule has 8 nitrogen and oxygen atoms in total. The normalized spacial score (nSPS) is 11.4. The Balaban J connectivity index is 1.44. The zero-order valence-electron chi connectivity index (χ0n) is 18.6. The Labute approximate surface area is 195 Å². The summed E-state index contributed by atoms with van der Waals surface area (Å²) in [7, 11) is 0. The third kappa shape index (κ3) is 3.60. The summed E-state index contributed by atoms with van der Waals surface area (Å²) in [6, 6.07) is 12.2. The second kappa shape index (κ2) is 8.49. The van der Waals surface area contributed by atoms with Crippen molar-refractivity contribution in [2.24, 2.45) is 0 Å². The van der Waals surface area contributed by atoms with Gasteiger partial charge in [0, 0.05) is 59.6 Å². The highest BCUT2D eigenvalue weighted by Crippen LogP contribution is 2.33. The minimum Gasteiger partial charge on any atom is -0.352 e. The lowest BCUT2D eigenvalue weighted by atomic mass is 10.1. The first-order chi connectivity index (χ1) is 16.8. The fraction of sp³-hybridized carbons (Fsp3) is 0.115. The smallest absolute Gasteiger partial charge is 0.135 e. The number of rotatable bonds is 6. The van der Waals surface area contributed by atoms with Crippen LogP contribution in [-0.2, 0) is 6.54 Å². The van der Waals surface area contributed by atoms with Gasteiger partial charge in [-0.3, -0.25) is 20.1 Å². The van der Waals surface area contributed by atoms with Gasteiger partial charge < -0.3 is 10.3 Å². The molecule has 0 aliphatic carbocycles. The van der Waals surface area contributed by atoms with E-state index in [1.54, 1.807) is 6.20 Å². The second-order valence-corrected chi connectivity index (χ2v) is 8.10. The molecule has 6 rings (SSSR count). The molecule has 6 aromatic heterocycles. The number of nitrogens with one attached hydrogen (secondary N) is 3. The van der Waals surface area contributed by atoms with Crippen LogP contribution in [0.4, 0.5) is 0 Å². The number of fused-ring (bicyclic) bond motifs is 2. The van der Waals surface area contributed by atoms with Gasteiger partial charge in [-0.25, -0.2) is 4.98 Å². The maximum absolute atomic E-state index is 4.95. The van der Waals surface area contributed by atoms with Crippen molar-refractivity contribution < 1.29 is 0 Å². The first kappa shape index (κ1) is 20.2. The molecule has 6 heterocycles. The number of hydrogen-bond donors (Lipinski definition) is 3. The van der Waals surface area contributed by atoms with Crippen LogP contribution in [0.15, 0.2) is 73.6 Å². The van der Waals surface area contributed by atoms with E-state index in [1.165, 1.54) is 0 Å². The molecule has 0 unspecified atom stereocenters. The summed E-state index contributed by atoms with van der Waals surface area (Å²) in [6.45, 7) is 3.78. The molecule has 166 valence electrons. The van der Waals surface area contributed by atoms with E-state index in [0.717, 1.165) is 74.4 Å². The largest absolute Gasteiger partial charge is 0.352 e. The van der Waals surface area contributed by atoms with Crippen LogP contribution >= 0.6 is 0 Å². The van der Waals surface area contributed by atoms with Gasteiger partial charge in [0.25, 0.3) is 0 Å². The van der Waals surface area contributed by atoms with Crippen LogP contribution in [0, 0.1) is 0 Å². The van der Waals surface area contributed by atoms with E-state index in [9.17, 15) is 0 Å². The molecule has 0 aliphatic heterocycles. The number of pyridine rings is 4. The van der Waals surface area contributed by atoms with Crippen molar-refractivity contribution in [3.05, 3.63) is 79.1 Å². The van der Waals surface area contributed by atoms with Crippen molar-refractivity contribution in [1.29, 1.82) is 0 Å². The number of aromatic amines is 2. The molecule has 3 N–H and O–H groups in total. The first-order valence-electron chi connectivity index (χ1n) is 11.2. The number of hydrogen-bond acceptors (Lipinski definition) is 6. The van der Waals surface area contributed by atoms with E-state index in [-0.39, 0.29) is 0 Å². The summed E-state index contributed by atoms with van der Waals surface area (Å²) in [5.41, 5.74) is 9.25. The Morgan fingerprint density at radius 1 is 0.882 bits per heavy atom. The second-order valence-electron chi connectivity index (χ2n) is 8.10.